The molecule has 0 aliphatic carbocycles. The predicted octanol–water partition coefficient (Wildman–Crippen LogP) is 4.83. The maximum Gasteiger partial charge on any atom is 0.293 e. The van der Waals surface area contributed by atoms with Crippen LogP contribution in [0, 0.1) is 5.82 Å². The normalized spacial score (nSPS) is 16.0. The number of benzene rings is 2. The van der Waals surface area contributed by atoms with Crippen LogP contribution in [-0.2, 0) is 11.3 Å². The van der Waals surface area contributed by atoms with E-state index in [1.54, 1.807) is 49.6 Å². The molecule has 4 nitrogen and oxygen atoms in total. The number of amides is 2. The number of imide groups is 1. The fourth-order valence-electron chi connectivity index (χ4n) is 2.36. The minimum Gasteiger partial charge on any atom is -0.496 e. The Morgan fingerprint density at radius 1 is 1.24 bits per heavy atom. The largest absolute Gasteiger partial charge is 0.496 e. The number of rotatable bonds is 4. The van der Waals surface area contributed by atoms with E-state index in [2.05, 4.69) is 15.9 Å². The molecule has 25 heavy (non-hydrogen) atoms. The predicted molar refractivity (Wildman–Crippen MR) is 98.6 cm³/mol. The number of methoxy groups -OCH3 is 1. The van der Waals surface area contributed by atoms with Gasteiger partial charge in [0, 0.05) is 5.56 Å². The summed E-state index contributed by atoms with van der Waals surface area (Å²) in [6.07, 6.45) is 1.64. The van der Waals surface area contributed by atoms with Gasteiger partial charge in [0.15, 0.2) is 0 Å². The Labute approximate surface area is 156 Å². The zero-order valence-corrected chi connectivity index (χ0v) is 15.6. The van der Waals surface area contributed by atoms with E-state index >= 15 is 0 Å². The van der Waals surface area contributed by atoms with Crippen molar-refractivity contribution in [3.8, 4) is 5.75 Å². The van der Waals surface area contributed by atoms with E-state index in [4.69, 9.17) is 4.74 Å². The summed E-state index contributed by atoms with van der Waals surface area (Å²) in [4.78, 5) is 26.0. The van der Waals surface area contributed by atoms with Crippen molar-refractivity contribution in [2.24, 2.45) is 0 Å². The maximum absolute atomic E-state index is 13.8. The highest BCUT2D eigenvalue weighted by molar-refractivity contribution is 9.10. The van der Waals surface area contributed by atoms with Gasteiger partial charge in [-0.2, -0.15) is 0 Å². The number of carbonyl (C=O) groups excluding carboxylic acids is 2. The zero-order chi connectivity index (χ0) is 18.0. The molecule has 0 spiro atoms. The van der Waals surface area contributed by atoms with Gasteiger partial charge >= 0.3 is 0 Å². The minimum atomic E-state index is -0.440. The molecule has 0 aromatic heterocycles. The summed E-state index contributed by atoms with van der Waals surface area (Å²) in [6.45, 7) is -0.0824. The summed E-state index contributed by atoms with van der Waals surface area (Å²) in [7, 11) is 1.56. The smallest absolute Gasteiger partial charge is 0.293 e. The third kappa shape index (κ3) is 3.77. The number of hydrogen-bond acceptors (Lipinski definition) is 4. The molecule has 0 radical (unpaired) electrons. The van der Waals surface area contributed by atoms with Crippen molar-refractivity contribution in [3.63, 3.8) is 0 Å². The standard InChI is InChI=1S/C18H13BrFNO3S/c1-24-15-7-6-11(8-13(15)19)9-16-17(22)21(18(23)25-16)10-12-4-2-3-5-14(12)20/h2-9H,10H2,1H3/b16-9-. The van der Waals surface area contributed by atoms with Crippen LogP contribution in [0.25, 0.3) is 6.08 Å². The van der Waals surface area contributed by atoms with Gasteiger partial charge < -0.3 is 4.74 Å². The van der Waals surface area contributed by atoms with Crippen LogP contribution in [0.5, 0.6) is 5.75 Å². The van der Waals surface area contributed by atoms with Crippen LogP contribution in [0.2, 0.25) is 0 Å². The molecule has 128 valence electrons. The topological polar surface area (TPSA) is 46.6 Å². The Bertz CT molecular complexity index is 884. The molecule has 3 rings (SSSR count). The average molecular weight is 422 g/mol. The van der Waals surface area contributed by atoms with Crippen LogP contribution in [0.3, 0.4) is 0 Å². The van der Waals surface area contributed by atoms with Gasteiger partial charge in [-0.25, -0.2) is 4.39 Å². The van der Waals surface area contributed by atoms with Crippen molar-refractivity contribution >= 4 is 44.9 Å². The van der Waals surface area contributed by atoms with E-state index in [1.807, 2.05) is 0 Å². The third-order valence-electron chi connectivity index (χ3n) is 3.63. The molecule has 0 bridgehead atoms. The van der Waals surface area contributed by atoms with Gasteiger partial charge in [-0.1, -0.05) is 24.3 Å². The van der Waals surface area contributed by atoms with E-state index in [-0.39, 0.29) is 6.54 Å². The average Bonchev–Trinajstić information content (AvgIpc) is 2.84. The van der Waals surface area contributed by atoms with Crippen molar-refractivity contribution in [3.05, 3.63) is 68.8 Å². The lowest BCUT2D eigenvalue weighted by molar-refractivity contribution is -0.123. The number of carbonyl (C=O) groups is 2. The highest BCUT2D eigenvalue weighted by Crippen LogP contribution is 2.34. The van der Waals surface area contributed by atoms with Gasteiger partial charge in [-0.05, 0) is 57.5 Å². The molecule has 0 saturated carbocycles. The van der Waals surface area contributed by atoms with Crippen molar-refractivity contribution in [2.75, 3.05) is 7.11 Å². The third-order valence-corrected chi connectivity index (χ3v) is 5.16. The van der Waals surface area contributed by atoms with Crippen LogP contribution >= 0.6 is 27.7 Å². The van der Waals surface area contributed by atoms with Crippen molar-refractivity contribution in [1.82, 2.24) is 4.90 Å². The number of nitrogens with zero attached hydrogens (tertiary/aromatic N) is 1. The minimum absolute atomic E-state index is 0.0824. The second-order valence-corrected chi connectivity index (χ2v) is 7.10. The molecule has 0 atom stereocenters. The van der Waals surface area contributed by atoms with Gasteiger partial charge in [0.1, 0.15) is 11.6 Å². The summed E-state index contributed by atoms with van der Waals surface area (Å²) in [6, 6.07) is 11.4. The monoisotopic (exact) mass is 421 g/mol. The molecular weight excluding hydrogens is 409 g/mol. The molecule has 1 aliphatic heterocycles. The summed E-state index contributed by atoms with van der Waals surface area (Å²) >= 11 is 4.23. The first kappa shape index (κ1) is 17.7. The molecule has 1 fully saturated rings. The Kier molecular flexibility index (Phi) is 5.24. The van der Waals surface area contributed by atoms with Gasteiger partial charge in [0.2, 0.25) is 0 Å². The van der Waals surface area contributed by atoms with Crippen LogP contribution in [-0.4, -0.2) is 23.2 Å². The fourth-order valence-corrected chi connectivity index (χ4v) is 3.75. The summed E-state index contributed by atoms with van der Waals surface area (Å²) in [5.41, 5.74) is 1.06. The Morgan fingerprint density at radius 3 is 2.68 bits per heavy atom. The SMILES string of the molecule is COc1ccc(/C=C2\SC(=O)N(Cc3ccccc3F)C2=O)cc1Br. The van der Waals surface area contributed by atoms with Gasteiger partial charge in [0.05, 0.1) is 23.0 Å². The van der Waals surface area contributed by atoms with Crippen molar-refractivity contribution < 1.29 is 18.7 Å². The van der Waals surface area contributed by atoms with Crippen LogP contribution in [0.1, 0.15) is 11.1 Å². The molecule has 2 aromatic carbocycles. The molecule has 2 aromatic rings. The van der Waals surface area contributed by atoms with E-state index < -0.39 is 17.0 Å². The number of ether oxygens (including phenoxy) is 1. The van der Waals surface area contributed by atoms with Crippen molar-refractivity contribution in [1.29, 1.82) is 0 Å². The van der Waals surface area contributed by atoms with E-state index in [0.29, 0.717) is 16.2 Å². The number of halogens is 2. The molecular formula is C18H13BrFNO3S. The fraction of sp³-hybridized carbons (Fsp3) is 0.111. The highest BCUT2D eigenvalue weighted by Gasteiger charge is 2.35. The van der Waals surface area contributed by atoms with Crippen LogP contribution in [0.15, 0.2) is 51.8 Å². The lowest BCUT2D eigenvalue weighted by atomic mass is 10.2. The second-order valence-electron chi connectivity index (χ2n) is 5.25. The van der Waals surface area contributed by atoms with Crippen molar-refractivity contribution in [2.45, 2.75) is 6.54 Å². The van der Waals surface area contributed by atoms with Gasteiger partial charge in [-0.15, -0.1) is 0 Å². The quantitative estimate of drug-likeness (QED) is 0.663. The summed E-state index contributed by atoms with van der Waals surface area (Å²) in [5, 5.41) is -0.410. The Balaban J connectivity index is 1.83. The first-order valence-corrected chi connectivity index (χ1v) is 8.93. The van der Waals surface area contributed by atoms with Gasteiger partial charge in [0.25, 0.3) is 11.1 Å². The van der Waals surface area contributed by atoms with E-state index in [9.17, 15) is 14.0 Å². The molecule has 1 aliphatic rings. The lowest BCUT2D eigenvalue weighted by Gasteiger charge is -2.12. The Hall–Kier alpha value is -2.12. The summed E-state index contributed by atoms with van der Waals surface area (Å²) in [5.74, 6) is -0.195. The first-order valence-electron chi connectivity index (χ1n) is 7.32. The number of hydrogen-bond donors (Lipinski definition) is 0. The molecule has 0 unspecified atom stereocenters. The molecule has 0 N–H and O–H groups in total. The first-order chi connectivity index (χ1) is 12.0. The van der Waals surface area contributed by atoms with E-state index in [1.165, 1.54) is 6.07 Å². The highest BCUT2D eigenvalue weighted by atomic mass is 79.9. The zero-order valence-electron chi connectivity index (χ0n) is 13.2. The van der Waals surface area contributed by atoms with Gasteiger partial charge in [-0.3, -0.25) is 14.5 Å². The Morgan fingerprint density at radius 2 is 2.00 bits per heavy atom. The number of thioether (sulfide) groups is 1. The van der Waals surface area contributed by atoms with Crippen LogP contribution in [0.4, 0.5) is 9.18 Å². The lowest BCUT2D eigenvalue weighted by Crippen LogP contribution is -2.27. The summed E-state index contributed by atoms with van der Waals surface area (Å²) < 4.78 is 19.7. The molecule has 1 heterocycles. The molecule has 2 amide bonds. The van der Waals surface area contributed by atoms with E-state index in [0.717, 1.165) is 26.7 Å². The van der Waals surface area contributed by atoms with Crippen LogP contribution < -0.4 is 4.74 Å². The second kappa shape index (κ2) is 7.41. The maximum atomic E-state index is 13.8. The molecule has 7 heteroatoms. The molecule has 1 saturated heterocycles.